The van der Waals surface area contributed by atoms with Gasteiger partial charge >= 0.3 is 0 Å². The van der Waals surface area contributed by atoms with Gasteiger partial charge in [0.15, 0.2) is 11.6 Å². The number of nitrogens with zero attached hydrogens (tertiary/aromatic N) is 1. The van der Waals surface area contributed by atoms with Gasteiger partial charge in [-0.15, -0.1) is 0 Å². The molecule has 4 rings (SSSR count). The largest absolute Gasteiger partial charge is 0.454 e. The average Bonchev–Trinajstić information content (AvgIpc) is 3.07. The number of aryl methyl sites for hydroxylation is 1. The highest BCUT2D eigenvalue weighted by molar-refractivity contribution is 5.97. The SMILES string of the molecule is Cn1cc(-c2cc(NCCC(C)(C)C)ccc2Oc2ccc(F)cc2F)c2cc[nH]c(=O)c21. The summed E-state index contributed by atoms with van der Waals surface area (Å²) in [5.74, 6) is -1.15. The molecule has 0 atom stereocenters. The molecule has 0 fully saturated rings. The minimum atomic E-state index is -0.789. The van der Waals surface area contributed by atoms with Gasteiger partial charge in [0, 0.05) is 54.3 Å². The van der Waals surface area contributed by atoms with Crippen LogP contribution in [-0.4, -0.2) is 16.1 Å². The summed E-state index contributed by atoms with van der Waals surface area (Å²) < 4.78 is 35.3. The first-order valence-electron chi connectivity index (χ1n) is 10.8. The van der Waals surface area contributed by atoms with Crippen molar-refractivity contribution in [1.82, 2.24) is 9.55 Å². The van der Waals surface area contributed by atoms with E-state index < -0.39 is 11.6 Å². The third-order valence-electron chi connectivity index (χ3n) is 5.49. The van der Waals surface area contributed by atoms with Crippen LogP contribution in [0.1, 0.15) is 27.2 Å². The number of halogens is 2. The molecule has 2 aromatic heterocycles. The van der Waals surface area contributed by atoms with E-state index in [9.17, 15) is 13.6 Å². The summed E-state index contributed by atoms with van der Waals surface area (Å²) in [6.07, 6.45) is 4.42. The Hall–Kier alpha value is -3.61. The molecule has 0 bridgehead atoms. The Morgan fingerprint density at radius 2 is 1.79 bits per heavy atom. The lowest BCUT2D eigenvalue weighted by Gasteiger charge is -2.19. The third kappa shape index (κ3) is 4.92. The standard InChI is InChI=1S/C26H27F2N3O2/c1-26(2,3)10-12-29-17-6-8-22(33-23-7-5-16(27)13-21(23)28)19(14-17)20-15-31(4)24-18(20)9-11-30-25(24)32/h5-9,11,13-15,29H,10,12H2,1-4H3,(H,30,32). The van der Waals surface area contributed by atoms with Gasteiger partial charge in [0.25, 0.3) is 5.56 Å². The van der Waals surface area contributed by atoms with Crippen LogP contribution in [0.5, 0.6) is 11.5 Å². The zero-order chi connectivity index (χ0) is 23.8. The molecule has 2 heterocycles. The minimum absolute atomic E-state index is 0.0795. The van der Waals surface area contributed by atoms with Gasteiger partial charge in [0.2, 0.25) is 0 Å². The highest BCUT2D eigenvalue weighted by Gasteiger charge is 2.18. The molecule has 0 unspecified atom stereocenters. The quantitative estimate of drug-likeness (QED) is 0.354. The van der Waals surface area contributed by atoms with Crippen LogP contribution in [0.25, 0.3) is 22.0 Å². The maximum atomic E-state index is 14.3. The van der Waals surface area contributed by atoms with Gasteiger partial charge in [-0.1, -0.05) is 20.8 Å². The fourth-order valence-electron chi connectivity index (χ4n) is 3.78. The van der Waals surface area contributed by atoms with Gasteiger partial charge in [0.05, 0.1) is 0 Å². The Bertz CT molecular complexity index is 1370. The fourth-order valence-corrected chi connectivity index (χ4v) is 3.78. The molecule has 0 radical (unpaired) electrons. The number of nitrogens with one attached hydrogen (secondary N) is 2. The number of pyridine rings is 1. The number of ether oxygens (including phenoxy) is 1. The highest BCUT2D eigenvalue weighted by Crippen LogP contribution is 2.39. The van der Waals surface area contributed by atoms with E-state index in [1.807, 2.05) is 24.4 Å². The van der Waals surface area contributed by atoms with E-state index in [0.717, 1.165) is 41.7 Å². The maximum absolute atomic E-state index is 14.3. The van der Waals surface area contributed by atoms with Crippen molar-refractivity contribution in [1.29, 1.82) is 0 Å². The Morgan fingerprint density at radius 3 is 2.52 bits per heavy atom. The second-order valence-electron chi connectivity index (χ2n) is 9.35. The average molecular weight is 452 g/mol. The molecule has 0 aliphatic rings. The summed E-state index contributed by atoms with van der Waals surface area (Å²) in [5.41, 5.74) is 2.86. The molecule has 0 aliphatic carbocycles. The van der Waals surface area contributed by atoms with Gasteiger partial charge in [-0.25, -0.2) is 8.78 Å². The van der Waals surface area contributed by atoms with Gasteiger partial charge in [-0.05, 0) is 48.2 Å². The number of hydrogen-bond donors (Lipinski definition) is 2. The first kappa shape index (κ1) is 22.6. The molecule has 7 heteroatoms. The molecule has 5 nitrogen and oxygen atoms in total. The zero-order valence-electron chi connectivity index (χ0n) is 19.1. The van der Waals surface area contributed by atoms with Crippen LogP contribution in [0.4, 0.5) is 14.5 Å². The Kier molecular flexibility index (Phi) is 5.97. The monoisotopic (exact) mass is 451 g/mol. The van der Waals surface area contributed by atoms with E-state index in [-0.39, 0.29) is 16.7 Å². The summed E-state index contributed by atoms with van der Waals surface area (Å²) in [4.78, 5) is 15.1. The predicted octanol–water partition coefficient (Wildman–Crippen LogP) is 6.45. The summed E-state index contributed by atoms with van der Waals surface area (Å²) in [5, 5.41) is 4.18. The fraction of sp³-hybridized carbons (Fsp3) is 0.269. The van der Waals surface area contributed by atoms with Crippen molar-refractivity contribution in [3.8, 4) is 22.6 Å². The smallest absolute Gasteiger partial charge is 0.272 e. The Balaban J connectivity index is 1.80. The van der Waals surface area contributed by atoms with E-state index in [1.54, 1.807) is 23.9 Å². The van der Waals surface area contributed by atoms with Crippen molar-refractivity contribution in [2.24, 2.45) is 12.5 Å². The van der Waals surface area contributed by atoms with E-state index in [0.29, 0.717) is 16.8 Å². The summed E-state index contributed by atoms with van der Waals surface area (Å²) in [6, 6.07) is 10.6. The number of aromatic nitrogens is 2. The minimum Gasteiger partial charge on any atom is -0.454 e. The molecule has 2 aromatic carbocycles. The third-order valence-corrected chi connectivity index (χ3v) is 5.49. The molecule has 4 aromatic rings. The van der Waals surface area contributed by atoms with Gasteiger partial charge in [0.1, 0.15) is 17.1 Å². The van der Waals surface area contributed by atoms with Crippen molar-refractivity contribution in [2.45, 2.75) is 27.2 Å². The second kappa shape index (κ2) is 8.73. The van der Waals surface area contributed by atoms with Gasteiger partial charge in [-0.2, -0.15) is 0 Å². The molecule has 0 saturated carbocycles. The first-order chi connectivity index (χ1) is 15.6. The lowest BCUT2D eigenvalue weighted by Crippen LogP contribution is -2.12. The zero-order valence-corrected chi connectivity index (χ0v) is 19.1. The van der Waals surface area contributed by atoms with Crippen LogP contribution in [0.2, 0.25) is 0 Å². The lowest BCUT2D eigenvalue weighted by atomic mass is 9.92. The van der Waals surface area contributed by atoms with Crippen molar-refractivity contribution in [3.05, 3.63) is 76.8 Å². The first-order valence-corrected chi connectivity index (χ1v) is 10.8. The molecule has 2 N–H and O–H groups in total. The molecule has 0 saturated heterocycles. The molecular weight excluding hydrogens is 424 g/mol. The molecule has 0 aliphatic heterocycles. The number of H-pyrrole nitrogens is 1. The number of benzene rings is 2. The van der Waals surface area contributed by atoms with Crippen LogP contribution >= 0.6 is 0 Å². The molecule has 33 heavy (non-hydrogen) atoms. The van der Waals surface area contributed by atoms with Crippen LogP contribution in [0.15, 0.2) is 59.7 Å². The predicted molar refractivity (Wildman–Crippen MR) is 128 cm³/mol. The molecule has 0 spiro atoms. The summed E-state index contributed by atoms with van der Waals surface area (Å²) >= 11 is 0. The number of anilines is 1. The number of fused-ring (bicyclic) bond motifs is 1. The number of hydrogen-bond acceptors (Lipinski definition) is 3. The highest BCUT2D eigenvalue weighted by atomic mass is 19.1. The van der Waals surface area contributed by atoms with Crippen LogP contribution in [-0.2, 0) is 7.05 Å². The second-order valence-corrected chi connectivity index (χ2v) is 9.35. The Labute approximate surface area is 191 Å². The molecule has 0 amide bonds. The molecule has 172 valence electrons. The van der Waals surface area contributed by atoms with Crippen LogP contribution in [0, 0.1) is 17.0 Å². The van der Waals surface area contributed by atoms with E-state index in [4.69, 9.17) is 4.74 Å². The molecular formula is C26H27F2N3O2. The van der Waals surface area contributed by atoms with Crippen molar-refractivity contribution >= 4 is 16.6 Å². The van der Waals surface area contributed by atoms with Crippen molar-refractivity contribution in [3.63, 3.8) is 0 Å². The Morgan fingerprint density at radius 1 is 1.03 bits per heavy atom. The number of aromatic amines is 1. The van der Waals surface area contributed by atoms with Crippen molar-refractivity contribution in [2.75, 3.05) is 11.9 Å². The summed E-state index contributed by atoms with van der Waals surface area (Å²) in [7, 11) is 1.80. The topological polar surface area (TPSA) is 59.1 Å². The van der Waals surface area contributed by atoms with Gasteiger partial charge < -0.3 is 19.6 Å². The number of rotatable bonds is 6. The van der Waals surface area contributed by atoms with E-state index >= 15 is 0 Å². The van der Waals surface area contributed by atoms with Crippen molar-refractivity contribution < 1.29 is 13.5 Å². The van der Waals surface area contributed by atoms with E-state index in [2.05, 4.69) is 31.1 Å². The van der Waals surface area contributed by atoms with Crippen LogP contribution < -0.4 is 15.6 Å². The normalized spacial score (nSPS) is 11.7. The summed E-state index contributed by atoms with van der Waals surface area (Å²) in [6.45, 7) is 7.33. The maximum Gasteiger partial charge on any atom is 0.272 e. The lowest BCUT2D eigenvalue weighted by molar-refractivity contribution is 0.390. The van der Waals surface area contributed by atoms with Gasteiger partial charge in [-0.3, -0.25) is 4.79 Å². The van der Waals surface area contributed by atoms with Crippen LogP contribution in [0.3, 0.4) is 0 Å². The van der Waals surface area contributed by atoms with E-state index in [1.165, 1.54) is 6.07 Å².